The van der Waals surface area contributed by atoms with Gasteiger partial charge in [-0.2, -0.15) is 0 Å². The Balaban J connectivity index is 1.91. The largest absolute Gasteiger partial charge is 0.312 e. The fourth-order valence-electron chi connectivity index (χ4n) is 2.78. The lowest BCUT2D eigenvalue weighted by atomic mass is 10.2. The number of nitrogens with zero attached hydrogens (tertiary/aromatic N) is 1. The van der Waals surface area contributed by atoms with Crippen molar-refractivity contribution >= 4 is 50.5 Å². The van der Waals surface area contributed by atoms with Gasteiger partial charge in [0.1, 0.15) is 0 Å². The molecule has 8 heteroatoms. The maximum absolute atomic E-state index is 12.6. The molecule has 0 spiro atoms. The van der Waals surface area contributed by atoms with E-state index >= 15 is 0 Å². The van der Waals surface area contributed by atoms with Gasteiger partial charge in [-0.3, -0.25) is 9.52 Å². The van der Waals surface area contributed by atoms with Gasteiger partial charge < -0.3 is 4.90 Å². The lowest BCUT2D eigenvalue weighted by Crippen LogP contribution is -2.24. The summed E-state index contributed by atoms with van der Waals surface area (Å²) in [5.74, 6) is 0.0579. The summed E-state index contributed by atoms with van der Waals surface area (Å²) >= 11 is 11.9. The maximum Gasteiger partial charge on any atom is 0.261 e. The number of hydrogen-bond donors (Lipinski definition) is 1. The van der Waals surface area contributed by atoms with E-state index in [0.29, 0.717) is 18.0 Å². The molecule has 5 nitrogen and oxygen atoms in total. The fraction of sp³-hybridized carbons (Fsp3) is 0.235. The first-order valence-electron chi connectivity index (χ1n) is 7.67. The van der Waals surface area contributed by atoms with Crippen LogP contribution in [0.3, 0.4) is 0 Å². The predicted octanol–water partition coefficient (Wildman–Crippen LogP) is 4.23. The zero-order valence-electron chi connectivity index (χ0n) is 13.4. The molecule has 1 aliphatic heterocycles. The van der Waals surface area contributed by atoms with Gasteiger partial charge in [0.15, 0.2) is 0 Å². The van der Waals surface area contributed by atoms with E-state index in [-0.39, 0.29) is 21.5 Å². The molecular weight excluding hydrogens is 383 g/mol. The summed E-state index contributed by atoms with van der Waals surface area (Å²) in [6, 6.07) is 9.23. The first-order valence-corrected chi connectivity index (χ1v) is 9.91. The van der Waals surface area contributed by atoms with E-state index < -0.39 is 10.0 Å². The molecule has 1 amide bonds. The van der Waals surface area contributed by atoms with Gasteiger partial charge in [0.25, 0.3) is 10.0 Å². The Morgan fingerprint density at radius 2 is 1.88 bits per heavy atom. The fourth-order valence-corrected chi connectivity index (χ4v) is 4.33. The number of carbonyl (C=O) groups excluding carboxylic acids is 1. The van der Waals surface area contributed by atoms with Gasteiger partial charge in [0, 0.05) is 23.7 Å². The number of sulfonamides is 1. The van der Waals surface area contributed by atoms with Gasteiger partial charge in [-0.05, 0) is 55.3 Å². The van der Waals surface area contributed by atoms with Crippen LogP contribution in [0.25, 0.3) is 0 Å². The van der Waals surface area contributed by atoms with Crippen molar-refractivity contribution in [2.45, 2.75) is 24.7 Å². The number of hydrogen-bond acceptors (Lipinski definition) is 3. The Hall–Kier alpha value is -1.76. The van der Waals surface area contributed by atoms with Crippen LogP contribution < -0.4 is 9.62 Å². The van der Waals surface area contributed by atoms with Crippen molar-refractivity contribution in [1.29, 1.82) is 0 Å². The second-order valence-electron chi connectivity index (χ2n) is 5.83. The molecule has 0 atom stereocenters. The molecule has 0 bridgehead atoms. The minimum absolute atomic E-state index is 0.0579. The number of aryl methyl sites for hydroxylation is 1. The number of amides is 1. The van der Waals surface area contributed by atoms with Crippen LogP contribution in [0.1, 0.15) is 18.4 Å². The van der Waals surface area contributed by atoms with Crippen LogP contribution in [-0.2, 0) is 14.8 Å². The molecule has 1 heterocycles. The van der Waals surface area contributed by atoms with Crippen LogP contribution in [0, 0.1) is 6.92 Å². The van der Waals surface area contributed by atoms with Gasteiger partial charge in [-0.1, -0.05) is 23.2 Å². The predicted molar refractivity (Wildman–Crippen MR) is 100 cm³/mol. The van der Waals surface area contributed by atoms with Crippen molar-refractivity contribution < 1.29 is 13.2 Å². The second kappa shape index (κ2) is 6.86. The molecule has 1 N–H and O–H groups in total. The molecule has 2 aromatic rings. The van der Waals surface area contributed by atoms with Crippen LogP contribution in [0.2, 0.25) is 10.0 Å². The highest BCUT2D eigenvalue weighted by Gasteiger charge is 2.24. The summed E-state index contributed by atoms with van der Waals surface area (Å²) in [6.07, 6.45) is 1.33. The molecular formula is C17H16Cl2N2O3S. The molecule has 0 saturated carbocycles. The Labute approximate surface area is 156 Å². The molecule has 2 aromatic carbocycles. The van der Waals surface area contributed by atoms with Gasteiger partial charge in [-0.15, -0.1) is 0 Å². The lowest BCUT2D eigenvalue weighted by Gasteiger charge is -2.19. The summed E-state index contributed by atoms with van der Waals surface area (Å²) < 4.78 is 27.7. The summed E-state index contributed by atoms with van der Waals surface area (Å²) in [5, 5.41) is 0.630. The Kier molecular flexibility index (Phi) is 4.95. The molecule has 0 radical (unpaired) electrons. The van der Waals surface area contributed by atoms with Gasteiger partial charge in [0.2, 0.25) is 5.91 Å². The standard InChI is InChI=1S/C17H16Cl2N2O3S/c1-11-9-13(5-7-16(11)21-8-2-3-17(21)22)25(23,24)20-15-10-12(18)4-6-14(15)19/h4-7,9-10,20H,2-3,8H2,1H3. The topological polar surface area (TPSA) is 66.5 Å². The van der Waals surface area contributed by atoms with Gasteiger partial charge >= 0.3 is 0 Å². The van der Waals surface area contributed by atoms with Crippen molar-refractivity contribution in [1.82, 2.24) is 0 Å². The highest BCUT2D eigenvalue weighted by Crippen LogP contribution is 2.30. The molecule has 1 fully saturated rings. The van der Waals surface area contributed by atoms with Crippen molar-refractivity contribution in [2.24, 2.45) is 0 Å². The van der Waals surface area contributed by atoms with Crippen LogP contribution in [0.4, 0.5) is 11.4 Å². The third kappa shape index (κ3) is 3.76. The van der Waals surface area contributed by atoms with Crippen molar-refractivity contribution in [3.63, 3.8) is 0 Å². The summed E-state index contributed by atoms with van der Waals surface area (Å²) in [7, 11) is -3.83. The minimum atomic E-state index is -3.83. The lowest BCUT2D eigenvalue weighted by molar-refractivity contribution is -0.117. The van der Waals surface area contributed by atoms with E-state index in [2.05, 4.69) is 4.72 Å². The van der Waals surface area contributed by atoms with Crippen LogP contribution >= 0.6 is 23.2 Å². The third-order valence-corrected chi connectivity index (χ3v) is 5.94. The zero-order valence-corrected chi connectivity index (χ0v) is 15.7. The molecule has 0 unspecified atom stereocenters. The first kappa shape index (κ1) is 18.0. The van der Waals surface area contributed by atoms with Crippen LogP contribution in [0.5, 0.6) is 0 Å². The average Bonchev–Trinajstić information content (AvgIpc) is 2.96. The summed E-state index contributed by atoms with van der Waals surface area (Å²) in [6.45, 7) is 2.44. The molecule has 1 aliphatic rings. The van der Waals surface area contributed by atoms with E-state index in [1.807, 2.05) is 0 Å². The van der Waals surface area contributed by atoms with Crippen LogP contribution in [0.15, 0.2) is 41.3 Å². The second-order valence-corrected chi connectivity index (χ2v) is 8.35. The number of carbonyl (C=O) groups is 1. The van der Waals surface area contributed by atoms with E-state index in [0.717, 1.165) is 17.7 Å². The van der Waals surface area contributed by atoms with E-state index in [4.69, 9.17) is 23.2 Å². The molecule has 0 aliphatic carbocycles. The van der Waals surface area contributed by atoms with Gasteiger partial charge in [-0.25, -0.2) is 8.42 Å². The molecule has 3 rings (SSSR count). The normalized spacial score (nSPS) is 14.8. The molecule has 25 heavy (non-hydrogen) atoms. The van der Waals surface area contributed by atoms with Crippen molar-refractivity contribution in [2.75, 3.05) is 16.2 Å². The summed E-state index contributed by atoms with van der Waals surface area (Å²) in [5.41, 5.74) is 1.67. The van der Waals surface area contributed by atoms with E-state index in [1.165, 1.54) is 18.2 Å². The molecule has 0 aromatic heterocycles. The number of nitrogens with one attached hydrogen (secondary N) is 1. The Morgan fingerprint density at radius 3 is 2.52 bits per heavy atom. The maximum atomic E-state index is 12.6. The van der Waals surface area contributed by atoms with Crippen molar-refractivity contribution in [3.8, 4) is 0 Å². The zero-order chi connectivity index (χ0) is 18.2. The molecule has 132 valence electrons. The highest BCUT2D eigenvalue weighted by molar-refractivity contribution is 7.92. The number of anilines is 2. The van der Waals surface area contributed by atoms with Crippen LogP contribution in [-0.4, -0.2) is 20.9 Å². The molecule has 1 saturated heterocycles. The Bertz CT molecular complexity index is 945. The van der Waals surface area contributed by atoms with Crippen molar-refractivity contribution in [3.05, 3.63) is 52.0 Å². The number of halogens is 2. The SMILES string of the molecule is Cc1cc(S(=O)(=O)Nc2cc(Cl)ccc2Cl)ccc1N1CCCC1=O. The summed E-state index contributed by atoms with van der Waals surface area (Å²) in [4.78, 5) is 13.7. The smallest absolute Gasteiger partial charge is 0.261 e. The van der Waals surface area contributed by atoms with E-state index in [1.54, 1.807) is 30.0 Å². The first-order chi connectivity index (χ1) is 11.8. The monoisotopic (exact) mass is 398 g/mol. The Morgan fingerprint density at radius 1 is 1.12 bits per heavy atom. The average molecular weight is 399 g/mol. The number of benzene rings is 2. The third-order valence-electron chi connectivity index (χ3n) is 4.02. The van der Waals surface area contributed by atoms with E-state index in [9.17, 15) is 13.2 Å². The quantitative estimate of drug-likeness (QED) is 0.837. The minimum Gasteiger partial charge on any atom is -0.312 e. The highest BCUT2D eigenvalue weighted by atomic mass is 35.5. The number of rotatable bonds is 4. The van der Waals surface area contributed by atoms with Gasteiger partial charge in [0.05, 0.1) is 15.6 Å².